The second kappa shape index (κ2) is 5.54. The Hall–Kier alpha value is -1.67. The summed E-state index contributed by atoms with van der Waals surface area (Å²) in [5.74, 6) is -0.209. The lowest BCUT2D eigenvalue weighted by Crippen LogP contribution is -2.15. The first-order valence-electron chi connectivity index (χ1n) is 6.55. The Morgan fingerprint density at radius 3 is 2.32 bits per heavy atom. The predicted octanol–water partition coefficient (Wildman–Crippen LogP) is 3.99. The van der Waals surface area contributed by atoms with Crippen molar-refractivity contribution in [2.45, 2.75) is 33.2 Å². The zero-order valence-corrected chi connectivity index (χ0v) is 11.7. The fourth-order valence-corrected chi connectivity index (χ4v) is 2.35. The summed E-state index contributed by atoms with van der Waals surface area (Å²) in [6.07, 6.45) is 0.771. The highest BCUT2D eigenvalue weighted by molar-refractivity contribution is 5.34. The van der Waals surface area contributed by atoms with E-state index in [4.69, 9.17) is 5.73 Å². The van der Waals surface area contributed by atoms with Gasteiger partial charge in [0.2, 0.25) is 0 Å². The number of halogens is 1. The van der Waals surface area contributed by atoms with Crippen molar-refractivity contribution < 1.29 is 4.39 Å². The Labute approximate surface area is 114 Å². The number of nitrogens with two attached hydrogens (primary N) is 1. The summed E-state index contributed by atoms with van der Waals surface area (Å²) in [6.45, 7) is 6.11. The molecule has 100 valence electrons. The molecule has 0 radical (unpaired) electrons. The van der Waals surface area contributed by atoms with E-state index in [1.54, 1.807) is 6.07 Å². The Morgan fingerprint density at radius 2 is 1.68 bits per heavy atom. The quantitative estimate of drug-likeness (QED) is 0.884. The molecule has 0 amide bonds. The predicted molar refractivity (Wildman–Crippen MR) is 77.7 cm³/mol. The van der Waals surface area contributed by atoms with Crippen LogP contribution < -0.4 is 5.73 Å². The molecule has 0 aliphatic rings. The van der Waals surface area contributed by atoms with Crippen LogP contribution in [-0.4, -0.2) is 0 Å². The third-order valence-electron chi connectivity index (χ3n) is 3.66. The molecule has 0 aliphatic carbocycles. The van der Waals surface area contributed by atoms with Gasteiger partial charge in [0, 0.05) is 6.04 Å². The maximum atomic E-state index is 13.1. The summed E-state index contributed by atoms with van der Waals surface area (Å²) in [6, 6.07) is 11.1. The molecule has 0 aliphatic heterocycles. The van der Waals surface area contributed by atoms with Gasteiger partial charge in [-0.25, -0.2) is 4.39 Å². The molecule has 1 atom stereocenters. The maximum absolute atomic E-state index is 13.1. The lowest BCUT2D eigenvalue weighted by Gasteiger charge is -2.15. The van der Waals surface area contributed by atoms with Crippen molar-refractivity contribution in [2.24, 2.45) is 5.73 Å². The molecule has 2 N–H and O–H groups in total. The fourth-order valence-electron chi connectivity index (χ4n) is 2.35. The average molecular weight is 257 g/mol. The molecule has 1 unspecified atom stereocenters. The van der Waals surface area contributed by atoms with E-state index in [0.717, 1.165) is 17.5 Å². The van der Waals surface area contributed by atoms with E-state index in [1.807, 2.05) is 6.92 Å². The average Bonchev–Trinajstić information content (AvgIpc) is 2.33. The van der Waals surface area contributed by atoms with Gasteiger partial charge in [0.25, 0.3) is 0 Å². The van der Waals surface area contributed by atoms with Gasteiger partial charge in [0.1, 0.15) is 5.82 Å². The second-order valence-corrected chi connectivity index (χ2v) is 5.23. The summed E-state index contributed by atoms with van der Waals surface area (Å²) < 4.78 is 13.1. The van der Waals surface area contributed by atoms with Crippen molar-refractivity contribution in [1.82, 2.24) is 0 Å². The van der Waals surface area contributed by atoms with Gasteiger partial charge in [-0.15, -0.1) is 0 Å². The maximum Gasteiger partial charge on any atom is 0.123 e. The molecule has 2 aromatic rings. The first-order valence-corrected chi connectivity index (χ1v) is 6.55. The van der Waals surface area contributed by atoms with Crippen LogP contribution >= 0.6 is 0 Å². The van der Waals surface area contributed by atoms with Gasteiger partial charge in [-0.2, -0.15) is 0 Å². The number of hydrogen-bond acceptors (Lipinski definition) is 1. The molecule has 0 fully saturated rings. The van der Waals surface area contributed by atoms with E-state index < -0.39 is 0 Å². The van der Waals surface area contributed by atoms with Gasteiger partial charge in [-0.05, 0) is 67.1 Å². The summed E-state index contributed by atoms with van der Waals surface area (Å²) in [7, 11) is 0. The van der Waals surface area contributed by atoms with E-state index in [2.05, 4.69) is 32.0 Å². The molecule has 19 heavy (non-hydrogen) atoms. The standard InChI is InChI=1S/C17H20FN/c1-11-4-5-14(8-12(11)2)10-17(19)16-7-6-15(18)9-13(16)3/h4-9,17H,10,19H2,1-3H3. The minimum Gasteiger partial charge on any atom is -0.324 e. The van der Waals surface area contributed by atoms with E-state index >= 15 is 0 Å². The number of benzene rings is 2. The van der Waals surface area contributed by atoms with Crippen LogP contribution in [0.4, 0.5) is 4.39 Å². The highest BCUT2D eigenvalue weighted by atomic mass is 19.1. The van der Waals surface area contributed by atoms with Crippen LogP contribution in [-0.2, 0) is 6.42 Å². The zero-order chi connectivity index (χ0) is 14.0. The topological polar surface area (TPSA) is 26.0 Å². The molecular weight excluding hydrogens is 237 g/mol. The molecule has 0 bridgehead atoms. The molecule has 0 heterocycles. The van der Waals surface area contributed by atoms with E-state index in [0.29, 0.717) is 0 Å². The molecule has 1 nitrogen and oxygen atoms in total. The SMILES string of the molecule is Cc1ccc(CC(N)c2ccc(F)cc2C)cc1C. The molecule has 2 aromatic carbocycles. The summed E-state index contributed by atoms with van der Waals surface area (Å²) in [5, 5.41) is 0. The number of rotatable bonds is 3. The molecule has 2 rings (SSSR count). The Morgan fingerprint density at radius 1 is 0.947 bits per heavy atom. The Balaban J connectivity index is 2.20. The van der Waals surface area contributed by atoms with Crippen molar-refractivity contribution in [2.75, 3.05) is 0 Å². The van der Waals surface area contributed by atoms with Gasteiger partial charge >= 0.3 is 0 Å². The first-order chi connectivity index (χ1) is 8.97. The summed E-state index contributed by atoms with van der Waals surface area (Å²) in [5.41, 5.74) is 12.0. The van der Waals surface area contributed by atoms with Gasteiger partial charge in [0.15, 0.2) is 0 Å². The van der Waals surface area contributed by atoms with Gasteiger partial charge in [-0.3, -0.25) is 0 Å². The Bertz CT molecular complexity index is 590. The Kier molecular flexibility index (Phi) is 4.01. The largest absolute Gasteiger partial charge is 0.324 e. The molecular formula is C17H20FN. The van der Waals surface area contributed by atoms with Crippen LogP contribution in [0.1, 0.15) is 33.9 Å². The lowest BCUT2D eigenvalue weighted by molar-refractivity contribution is 0.622. The normalized spacial score (nSPS) is 12.5. The highest BCUT2D eigenvalue weighted by Crippen LogP contribution is 2.21. The van der Waals surface area contributed by atoms with Crippen molar-refractivity contribution in [1.29, 1.82) is 0 Å². The molecule has 0 saturated heterocycles. The van der Waals surface area contributed by atoms with Crippen LogP contribution in [0.5, 0.6) is 0 Å². The molecule has 0 spiro atoms. The van der Waals surface area contributed by atoms with E-state index in [9.17, 15) is 4.39 Å². The monoisotopic (exact) mass is 257 g/mol. The van der Waals surface area contributed by atoms with Crippen molar-refractivity contribution >= 4 is 0 Å². The molecule has 0 aromatic heterocycles. The van der Waals surface area contributed by atoms with Crippen LogP contribution in [0.3, 0.4) is 0 Å². The minimum atomic E-state index is -0.209. The van der Waals surface area contributed by atoms with Crippen LogP contribution in [0.2, 0.25) is 0 Å². The van der Waals surface area contributed by atoms with E-state index in [1.165, 1.54) is 28.8 Å². The highest BCUT2D eigenvalue weighted by Gasteiger charge is 2.11. The summed E-state index contributed by atoms with van der Waals surface area (Å²) in [4.78, 5) is 0. The lowest BCUT2D eigenvalue weighted by atomic mass is 9.94. The van der Waals surface area contributed by atoms with Gasteiger partial charge in [-0.1, -0.05) is 24.3 Å². The third-order valence-corrected chi connectivity index (χ3v) is 3.66. The van der Waals surface area contributed by atoms with Crippen molar-refractivity contribution in [3.8, 4) is 0 Å². The molecule has 2 heteroatoms. The van der Waals surface area contributed by atoms with Crippen molar-refractivity contribution in [3.05, 3.63) is 70.0 Å². The fraction of sp³-hybridized carbons (Fsp3) is 0.294. The van der Waals surface area contributed by atoms with Crippen LogP contribution in [0.15, 0.2) is 36.4 Å². The van der Waals surface area contributed by atoms with Gasteiger partial charge in [0.05, 0.1) is 0 Å². The second-order valence-electron chi connectivity index (χ2n) is 5.23. The van der Waals surface area contributed by atoms with Crippen molar-refractivity contribution in [3.63, 3.8) is 0 Å². The molecule has 0 saturated carbocycles. The zero-order valence-electron chi connectivity index (χ0n) is 11.7. The van der Waals surface area contributed by atoms with Crippen LogP contribution in [0.25, 0.3) is 0 Å². The van der Waals surface area contributed by atoms with Crippen LogP contribution in [0, 0.1) is 26.6 Å². The number of hydrogen-bond donors (Lipinski definition) is 1. The minimum absolute atomic E-state index is 0.0947. The smallest absolute Gasteiger partial charge is 0.123 e. The summed E-state index contributed by atoms with van der Waals surface area (Å²) >= 11 is 0. The van der Waals surface area contributed by atoms with Gasteiger partial charge < -0.3 is 5.73 Å². The van der Waals surface area contributed by atoms with E-state index in [-0.39, 0.29) is 11.9 Å². The third kappa shape index (κ3) is 3.21. The first kappa shape index (κ1) is 13.8. The number of aryl methyl sites for hydroxylation is 3.